The van der Waals surface area contributed by atoms with E-state index in [0.717, 1.165) is 10.9 Å². The van der Waals surface area contributed by atoms with Crippen molar-refractivity contribution in [3.63, 3.8) is 0 Å². The molecule has 2 aromatic carbocycles. The van der Waals surface area contributed by atoms with Gasteiger partial charge in [0.1, 0.15) is 5.70 Å². The van der Waals surface area contributed by atoms with Crippen LogP contribution < -0.4 is 10.6 Å². The smallest absolute Gasteiger partial charge is 0.273 e. The summed E-state index contributed by atoms with van der Waals surface area (Å²) in [5, 5.41) is 8.05. The lowest BCUT2D eigenvalue weighted by molar-refractivity contribution is -0.115. The van der Waals surface area contributed by atoms with E-state index in [1.165, 1.54) is 5.39 Å². The number of thiocarbonyl (C=S) groups is 1. The first kappa shape index (κ1) is 10.9. The van der Waals surface area contributed by atoms with Crippen LogP contribution in [0.15, 0.2) is 48.2 Å². The lowest BCUT2D eigenvalue weighted by atomic mass is 10.1. The molecule has 1 heterocycles. The maximum Gasteiger partial charge on any atom is 0.273 e. The highest BCUT2D eigenvalue weighted by Gasteiger charge is 2.19. The van der Waals surface area contributed by atoms with E-state index < -0.39 is 0 Å². The molecule has 2 N–H and O–H groups in total. The van der Waals surface area contributed by atoms with Crippen LogP contribution in [0.2, 0.25) is 0 Å². The summed E-state index contributed by atoms with van der Waals surface area (Å²) in [6.45, 7) is 0. The zero-order chi connectivity index (χ0) is 12.5. The van der Waals surface area contributed by atoms with Gasteiger partial charge in [0.05, 0.1) is 0 Å². The topological polar surface area (TPSA) is 41.1 Å². The molecule has 1 fully saturated rings. The van der Waals surface area contributed by atoms with Crippen LogP contribution in [0.5, 0.6) is 0 Å². The van der Waals surface area contributed by atoms with Crippen molar-refractivity contribution in [2.24, 2.45) is 0 Å². The first-order valence-electron chi connectivity index (χ1n) is 5.55. The number of nitrogens with one attached hydrogen (secondary N) is 2. The van der Waals surface area contributed by atoms with Crippen LogP contribution in [0.25, 0.3) is 16.8 Å². The van der Waals surface area contributed by atoms with Gasteiger partial charge in [0.2, 0.25) is 0 Å². The van der Waals surface area contributed by atoms with Gasteiger partial charge in [0.15, 0.2) is 5.11 Å². The van der Waals surface area contributed by atoms with Gasteiger partial charge in [-0.05, 0) is 40.7 Å². The molecule has 1 amide bonds. The van der Waals surface area contributed by atoms with E-state index >= 15 is 0 Å². The van der Waals surface area contributed by atoms with E-state index in [1.54, 1.807) is 6.08 Å². The predicted molar refractivity (Wildman–Crippen MR) is 75.8 cm³/mol. The number of carbonyl (C=O) groups is 1. The van der Waals surface area contributed by atoms with Crippen LogP contribution in [-0.4, -0.2) is 11.0 Å². The predicted octanol–water partition coefficient (Wildman–Crippen LogP) is 2.19. The molecule has 3 nitrogen and oxygen atoms in total. The van der Waals surface area contributed by atoms with E-state index in [-0.39, 0.29) is 5.91 Å². The molecule has 2 aromatic rings. The Morgan fingerprint density at radius 3 is 2.50 bits per heavy atom. The van der Waals surface area contributed by atoms with E-state index in [4.69, 9.17) is 12.2 Å². The number of hydrogen-bond acceptors (Lipinski definition) is 2. The number of rotatable bonds is 1. The van der Waals surface area contributed by atoms with Crippen LogP contribution >= 0.6 is 12.2 Å². The van der Waals surface area contributed by atoms with Crippen LogP contribution in [0.3, 0.4) is 0 Å². The van der Waals surface area contributed by atoms with Crippen LogP contribution in [-0.2, 0) is 4.79 Å². The number of amides is 1. The van der Waals surface area contributed by atoms with Crippen LogP contribution in [0.4, 0.5) is 0 Å². The van der Waals surface area contributed by atoms with E-state index in [1.807, 2.05) is 36.4 Å². The Balaban J connectivity index is 2.02. The Bertz CT molecular complexity index is 691. The minimum absolute atomic E-state index is 0.187. The molecule has 0 bridgehead atoms. The van der Waals surface area contributed by atoms with Crippen molar-refractivity contribution in [2.75, 3.05) is 0 Å². The van der Waals surface area contributed by atoms with Crippen molar-refractivity contribution in [3.8, 4) is 0 Å². The van der Waals surface area contributed by atoms with E-state index in [2.05, 4.69) is 16.7 Å². The molecule has 0 aromatic heterocycles. The summed E-state index contributed by atoms with van der Waals surface area (Å²) in [6.07, 6.45) is 1.79. The molecule has 1 aliphatic rings. The monoisotopic (exact) mass is 254 g/mol. The second-order valence-electron chi connectivity index (χ2n) is 4.07. The quantitative estimate of drug-likeness (QED) is 0.605. The molecule has 0 radical (unpaired) electrons. The zero-order valence-electron chi connectivity index (χ0n) is 9.44. The van der Waals surface area contributed by atoms with Gasteiger partial charge in [0, 0.05) is 0 Å². The number of fused-ring (bicyclic) bond motifs is 1. The molecule has 18 heavy (non-hydrogen) atoms. The van der Waals surface area contributed by atoms with Gasteiger partial charge in [-0.2, -0.15) is 0 Å². The number of carbonyl (C=O) groups excluding carboxylic acids is 1. The third-order valence-corrected chi connectivity index (χ3v) is 3.01. The molecule has 3 rings (SSSR count). The summed E-state index contributed by atoms with van der Waals surface area (Å²) in [4.78, 5) is 11.5. The third-order valence-electron chi connectivity index (χ3n) is 2.80. The zero-order valence-corrected chi connectivity index (χ0v) is 10.3. The van der Waals surface area contributed by atoms with Gasteiger partial charge < -0.3 is 5.32 Å². The van der Waals surface area contributed by atoms with E-state index in [0.29, 0.717) is 10.8 Å². The molecular formula is C14H10N2OS. The van der Waals surface area contributed by atoms with Crippen LogP contribution in [0.1, 0.15) is 5.56 Å². The largest absolute Gasteiger partial charge is 0.328 e. The van der Waals surface area contributed by atoms with Gasteiger partial charge in [-0.1, -0.05) is 36.4 Å². The Hall–Kier alpha value is -2.20. The molecule has 1 saturated heterocycles. The lowest BCUT2D eigenvalue weighted by Gasteiger charge is -2.00. The second-order valence-corrected chi connectivity index (χ2v) is 4.48. The molecule has 0 aliphatic carbocycles. The molecule has 1 aliphatic heterocycles. The molecule has 0 unspecified atom stereocenters. The summed E-state index contributed by atoms with van der Waals surface area (Å²) >= 11 is 4.88. The standard InChI is InChI=1S/C14H10N2OS/c17-13-12(15-14(18)16-13)8-9-5-6-10-3-1-2-4-11(10)7-9/h1-8H,(H2,15,16,17,18)/b12-8-. The normalized spacial score (nSPS) is 17.0. The summed E-state index contributed by atoms with van der Waals surface area (Å²) in [5.41, 5.74) is 1.45. The first-order chi connectivity index (χ1) is 8.72. The van der Waals surface area contributed by atoms with Crippen LogP contribution in [0, 0.1) is 0 Å². The molecule has 88 valence electrons. The van der Waals surface area contributed by atoms with Crippen molar-refractivity contribution < 1.29 is 4.79 Å². The lowest BCUT2D eigenvalue weighted by Crippen LogP contribution is -2.21. The number of benzene rings is 2. The van der Waals surface area contributed by atoms with Crippen molar-refractivity contribution in [1.82, 2.24) is 10.6 Å². The SMILES string of the molecule is O=C1NC(=S)N/C1=C\c1ccc2ccccc2c1. The van der Waals surface area contributed by atoms with Gasteiger partial charge >= 0.3 is 0 Å². The average Bonchev–Trinajstić information content (AvgIpc) is 2.68. The van der Waals surface area contributed by atoms with Gasteiger partial charge in [-0.3, -0.25) is 10.1 Å². The fraction of sp³-hybridized carbons (Fsp3) is 0. The second kappa shape index (κ2) is 4.23. The highest BCUT2D eigenvalue weighted by molar-refractivity contribution is 7.80. The highest BCUT2D eigenvalue weighted by Crippen LogP contribution is 2.17. The van der Waals surface area contributed by atoms with Crippen molar-refractivity contribution in [2.45, 2.75) is 0 Å². The maximum absolute atomic E-state index is 11.5. The number of hydrogen-bond donors (Lipinski definition) is 2. The molecule has 0 saturated carbocycles. The van der Waals surface area contributed by atoms with Crippen molar-refractivity contribution >= 4 is 40.1 Å². The molecular weight excluding hydrogens is 244 g/mol. The summed E-state index contributed by atoms with van der Waals surface area (Å²) < 4.78 is 0. The minimum Gasteiger partial charge on any atom is -0.328 e. The molecule has 0 atom stereocenters. The summed E-state index contributed by atoms with van der Waals surface area (Å²) in [7, 11) is 0. The third kappa shape index (κ3) is 1.98. The Morgan fingerprint density at radius 1 is 1.00 bits per heavy atom. The average molecular weight is 254 g/mol. The fourth-order valence-electron chi connectivity index (χ4n) is 1.95. The van der Waals surface area contributed by atoms with Crippen molar-refractivity contribution in [1.29, 1.82) is 0 Å². The summed E-state index contributed by atoms with van der Waals surface area (Å²) in [5.74, 6) is -0.187. The maximum atomic E-state index is 11.5. The Morgan fingerprint density at radius 2 is 1.78 bits per heavy atom. The molecule has 4 heteroatoms. The fourth-order valence-corrected chi connectivity index (χ4v) is 2.15. The van der Waals surface area contributed by atoms with E-state index in [9.17, 15) is 4.79 Å². The van der Waals surface area contributed by atoms with Gasteiger partial charge in [-0.25, -0.2) is 0 Å². The Kier molecular flexibility index (Phi) is 2.57. The Labute approximate surface area is 109 Å². The summed E-state index contributed by atoms with van der Waals surface area (Å²) in [6, 6.07) is 14.2. The van der Waals surface area contributed by atoms with Gasteiger partial charge in [-0.15, -0.1) is 0 Å². The molecule has 0 spiro atoms. The first-order valence-corrected chi connectivity index (χ1v) is 5.96. The van der Waals surface area contributed by atoms with Gasteiger partial charge in [0.25, 0.3) is 5.91 Å². The van der Waals surface area contributed by atoms with Crippen molar-refractivity contribution in [3.05, 3.63) is 53.7 Å². The minimum atomic E-state index is -0.187. The highest BCUT2D eigenvalue weighted by atomic mass is 32.1.